The van der Waals surface area contributed by atoms with Crippen molar-refractivity contribution < 1.29 is 14.5 Å². The summed E-state index contributed by atoms with van der Waals surface area (Å²) in [5.41, 5.74) is 2.93. The molecule has 2 heterocycles. The maximum Gasteiger partial charge on any atom is 0.340 e. The topological polar surface area (TPSA) is 88.8 Å². The zero-order chi connectivity index (χ0) is 21.8. The van der Waals surface area contributed by atoms with Crippen molar-refractivity contribution in [1.29, 1.82) is 0 Å². The predicted octanol–water partition coefficient (Wildman–Crippen LogP) is 3.83. The molecule has 0 aliphatic carbocycles. The molecule has 0 spiro atoms. The maximum absolute atomic E-state index is 12.2. The highest BCUT2D eigenvalue weighted by molar-refractivity contribution is 7.13. The van der Waals surface area contributed by atoms with Gasteiger partial charge in [0.25, 0.3) is 5.69 Å². The molecule has 2 aromatic carbocycles. The number of aromatic nitrogens is 1. The first kappa shape index (κ1) is 21.0. The van der Waals surface area contributed by atoms with Crippen LogP contribution in [0.5, 0.6) is 0 Å². The first-order valence-electron chi connectivity index (χ1n) is 9.89. The zero-order valence-corrected chi connectivity index (χ0v) is 17.9. The molecule has 0 radical (unpaired) electrons. The van der Waals surface area contributed by atoms with E-state index in [9.17, 15) is 14.9 Å². The lowest BCUT2D eigenvalue weighted by Crippen LogP contribution is -2.46. The largest absolute Gasteiger partial charge is 0.465 e. The lowest BCUT2D eigenvalue weighted by atomic mass is 10.1. The minimum atomic E-state index is -0.572. The summed E-state index contributed by atoms with van der Waals surface area (Å²) in [6.07, 6.45) is 0. The van der Waals surface area contributed by atoms with E-state index in [4.69, 9.17) is 9.72 Å². The maximum atomic E-state index is 12.2. The molecule has 0 amide bonds. The summed E-state index contributed by atoms with van der Waals surface area (Å²) < 4.78 is 4.84. The zero-order valence-electron chi connectivity index (χ0n) is 17.1. The molecule has 1 fully saturated rings. The van der Waals surface area contributed by atoms with Crippen molar-refractivity contribution in [3.8, 4) is 10.6 Å². The van der Waals surface area contributed by atoms with Gasteiger partial charge in [0.15, 0.2) is 0 Å². The summed E-state index contributed by atoms with van der Waals surface area (Å²) in [5, 5.41) is 14.2. The van der Waals surface area contributed by atoms with Gasteiger partial charge in [-0.25, -0.2) is 9.78 Å². The number of hydrogen-bond acceptors (Lipinski definition) is 8. The van der Waals surface area contributed by atoms with Crippen LogP contribution in [0.25, 0.3) is 10.6 Å². The molecule has 0 atom stereocenters. The molecule has 0 unspecified atom stereocenters. The first-order valence-corrected chi connectivity index (χ1v) is 10.8. The molecule has 4 rings (SSSR count). The quantitative estimate of drug-likeness (QED) is 0.328. The third-order valence-electron chi connectivity index (χ3n) is 5.27. The number of thiazole rings is 1. The SMILES string of the molecule is COC(=O)c1cc([N+](=O)[O-])ccc1N1CCN(Cc2csc(-c3ccccc3)n2)CC1. The highest BCUT2D eigenvalue weighted by Crippen LogP contribution is 2.28. The monoisotopic (exact) mass is 438 g/mol. The Balaban J connectivity index is 1.42. The normalized spacial score (nSPS) is 14.4. The van der Waals surface area contributed by atoms with Crippen LogP contribution < -0.4 is 4.90 Å². The number of carbonyl (C=O) groups is 1. The fourth-order valence-corrected chi connectivity index (χ4v) is 4.47. The molecule has 1 aliphatic heterocycles. The number of methoxy groups -OCH3 is 1. The molecule has 160 valence electrons. The number of esters is 1. The molecular weight excluding hydrogens is 416 g/mol. The third kappa shape index (κ3) is 4.73. The molecule has 1 saturated heterocycles. The van der Waals surface area contributed by atoms with E-state index < -0.39 is 10.9 Å². The Hall–Kier alpha value is -3.30. The van der Waals surface area contributed by atoms with Gasteiger partial charge >= 0.3 is 5.97 Å². The molecule has 1 aromatic heterocycles. The van der Waals surface area contributed by atoms with Crippen LogP contribution in [-0.4, -0.2) is 54.1 Å². The van der Waals surface area contributed by atoms with E-state index in [1.807, 2.05) is 18.2 Å². The molecule has 0 bridgehead atoms. The third-order valence-corrected chi connectivity index (χ3v) is 6.21. The van der Waals surface area contributed by atoms with Crippen LogP contribution in [0, 0.1) is 10.1 Å². The van der Waals surface area contributed by atoms with Gasteiger partial charge in [0.1, 0.15) is 5.01 Å². The van der Waals surface area contributed by atoms with Crippen molar-refractivity contribution in [2.45, 2.75) is 6.54 Å². The summed E-state index contributed by atoms with van der Waals surface area (Å²) in [4.78, 5) is 31.9. The van der Waals surface area contributed by atoms with E-state index in [0.29, 0.717) is 18.8 Å². The van der Waals surface area contributed by atoms with Crippen molar-refractivity contribution >= 4 is 28.7 Å². The number of ether oxygens (including phenoxy) is 1. The fraction of sp³-hybridized carbons (Fsp3) is 0.273. The van der Waals surface area contributed by atoms with Gasteiger partial charge in [-0.2, -0.15) is 0 Å². The van der Waals surface area contributed by atoms with Gasteiger partial charge in [-0.1, -0.05) is 30.3 Å². The number of benzene rings is 2. The fourth-order valence-electron chi connectivity index (χ4n) is 3.66. The van der Waals surface area contributed by atoms with Crippen LogP contribution in [-0.2, 0) is 11.3 Å². The molecule has 9 heteroatoms. The molecule has 0 N–H and O–H groups in total. The summed E-state index contributed by atoms with van der Waals surface area (Å²) in [6, 6.07) is 14.5. The molecular formula is C22H22N4O4S. The summed E-state index contributed by atoms with van der Waals surface area (Å²) in [7, 11) is 1.28. The van der Waals surface area contributed by atoms with Crippen molar-refractivity contribution in [3.63, 3.8) is 0 Å². The van der Waals surface area contributed by atoms with E-state index in [-0.39, 0.29) is 11.3 Å². The van der Waals surface area contributed by atoms with Crippen molar-refractivity contribution in [1.82, 2.24) is 9.88 Å². The molecule has 31 heavy (non-hydrogen) atoms. The number of nitro groups is 1. The second-order valence-electron chi connectivity index (χ2n) is 7.22. The summed E-state index contributed by atoms with van der Waals surface area (Å²) >= 11 is 1.65. The lowest BCUT2D eigenvalue weighted by molar-refractivity contribution is -0.384. The Morgan fingerprint density at radius 3 is 2.58 bits per heavy atom. The number of piperazine rings is 1. The standard InChI is InChI=1S/C22H22N4O4S/c1-30-22(27)19-13-18(26(28)29)7-8-20(19)25-11-9-24(10-12-25)14-17-15-31-21(23-17)16-5-3-2-4-6-16/h2-8,13,15H,9-12,14H2,1H3. The average Bonchev–Trinajstić information content (AvgIpc) is 3.28. The van der Waals surface area contributed by atoms with Crippen molar-refractivity contribution in [2.24, 2.45) is 0 Å². The Bertz CT molecular complexity index is 1080. The average molecular weight is 439 g/mol. The lowest BCUT2D eigenvalue weighted by Gasteiger charge is -2.36. The van der Waals surface area contributed by atoms with Crippen LogP contribution in [0.4, 0.5) is 11.4 Å². The Kier molecular flexibility index (Phi) is 6.24. The molecule has 8 nitrogen and oxygen atoms in total. The molecule has 1 aliphatic rings. The van der Waals surface area contributed by atoms with Crippen LogP contribution in [0.15, 0.2) is 53.9 Å². The number of anilines is 1. The van der Waals surface area contributed by atoms with E-state index >= 15 is 0 Å². The van der Waals surface area contributed by atoms with Crippen LogP contribution in [0.2, 0.25) is 0 Å². The van der Waals surface area contributed by atoms with Crippen molar-refractivity contribution in [2.75, 3.05) is 38.2 Å². The number of rotatable bonds is 6. The number of nitro benzene ring substituents is 1. The van der Waals surface area contributed by atoms with Crippen LogP contribution >= 0.6 is 11.3 Å². The predicted molar refractivity (Wildman–Crippen MR) is 119 cm³/mol. The van der Waals surface area contributed by atoms with Gasteiger partial charge in [0.2, 0.25) is 0 Å². The Morgan fingerprint density at radius 1 is 1.16 bits per heavy atom. The Labute approximate surface area is 183 Å². The van der Waals surface area contributed by atoms with Crippen LogP contribution in [0.1, 0.15) is 16.1 Å². The smallest absolute Gasteiger partial charge is 0.340 e. The van der Waals surface area contributed by atoms with Crippen molar-refractivity contribution in [3.05, 3.63) is 75.3 Å². The van der Waals surface area contributed by atoms with E-state index in [2.05, 4.69) is 27.3 Å². The summed E-state index contributed by atoms with van der Waals surface area (Å²) in [5.74, 6) is -0.572. The number of carbonyl (C=O) groups excluding carboxylic acids is 1. The number of non-ortho nitro benzene ring substituents is 1. The van der Waals surface area contributed by atoms with E-state index in [0.717, 1.165) is 35.9 Å². The molecule has 0 saturated carbocycles. The van der Waals surface area contributed by atoms with Gasteiger partial charge in [0.05, 0.1) is 29.0 Å². The van der Waals surface area contributed by atoms with Gasteiger partial charge in [-0.3, -0.25) is 15.0 Å². The minimum Gasteiger partial charge on any atom is -0.465 e. The first-order chi connectivity index (χ1) is 15.0. The van der Waals surface area contributed by atoms with Gasteiger partial charge in [-0.05, 0) is 6.07 Å². The molecule has 3 aromatic rings. The van der Waals surface area contributed by atoms with Crippen LogP contribution in [0.3, 0.4) is 0 Å². The minimum absolute atomic E-state index is 0.125. The Morgan fingerprint density at radius 2 is 1.90 bits per heavy atom. The number of hydrogen-bond donors (Lipinski definition) is 0. The summed E-state index contributed by atoms with van der Waals surface area (Å²) in [6.45, 7) is 3.78. The second kappa shape index (κ2) is 9.23. The van der Waals surface area contributed by atoms with E-state index in [1.54, 1.807) is 17.4 Å². The second-order valence-corrected chi connectivity index (χ2v) is 8.08. The number of nitrogens with zero attached hydrogens (tertiary/aromatic N) is 4. The highest BCUT2D eigenvalue weighted by Gasteiger charge is 2.24. The van der Waals surface area contributed by atoms with Gasteiger partial charge < -0.3 is 9.64 Å². The van der Waals surface area contributed by atoms with Gasteiger partial charge in [0, 0.05) is 55.8 Å². The van der Waals surface area contributed by atoms with Gasteiger partial charge in [-0.15, -0.1) is 11.3 Å². The van der Waals surface area contributed by atoms with E-state index in [1.165, 1.54) is 19.2 Å². The highest BCUT2D eigenvalue weighted by atomic mass is 32.1.